The molecule has 0 fully saturated rings. The second-order valence-electron chi connectivity index (χ2n) is 3.57. The molecule has 0 amide bonds. The fraction of sp³-hybridized carbons (Fsp3) is 0.250. The second kappa shape index (κ2) is 3.25. The standard InChI is InChI=1S/C12H12ClN/c1-7-8(2)14-9(3)10-5-4-6-11(13)12(7)10/h4-6H,1-3H3. The van der Waals surface area contributed by atoms with Crippen molar-refractivity contribution in [3.63, 3.8) is 0 Å². The number of aromatic nitrogens is 1. The molecule has 0 aliphatic heterocycles. The molecule has 0 saturated heterocycles. The van der Waals surface area contributed by atoms with Gasteiger partial charge < -0.3 is 0 Å². The van der Waals surface area contributed by atoms with Gasteiger partial charge in [0, 0.05) is 27.2 Å². The molecule has 1 aromatic heterocycles. The summed E-state index contributed by atoms with van der Waals surface area (Å²) in [6, 6.07) is 5.96. The van der Waals surface area contributed by atoms with E-state index in [1.54, 1.807) is 0 Å². The van der Waals surface area contributed by atoms with Crippen molar-refractivity contribution in [1.82, 2.24) is 4.98 Å². The van der Waals surface area contributed by atoms with Crippen LogP contribution in [0.3, 0.4) is 0 Å². The molecule has 0 saturated carbocycles. The quantitative estimate of drug-likeness (QED) is 0.637. The molecule has 0 N–H and O–H groups in total. The van der Waals surface area contributed by atoms with E-state index in [2.05, 4.69) is 18.0 Å². The summed E-state index contributed by atoms with van der Waals surface area (Å²) in [5.41, 5.74) is 3.28. The lowest BCUT2D eigenvalue weighted by Gasteiger charge is -2.09. The lowest BCUT2D eigenvalue weighted by molar-refractivity contribution is 1.12. The molecule has 0 aliphatic rings. The van der Waals surface area contributed by atoms with Gasteiger partial charge in [-0.15, -0.1) is 0 Å². The highest BCUT2D eigenvalue weighted by Gasteiger charge is 2.07. The summed E-state index contributed by atoms with van der Waals surface area (Å²) in [6.07, 6.45) is 0. The van der Waals surface area contributed by atoms with Crippen LogP contribution in [0.1, 0.15) is 17.0 Å². The first-order valence-corrected chi connectivity index (χ1v) is 5.01. The number of hydrogen-bond acceptors (Lipinski definition) is 1. The Labute approximate surface area is 88.7 Å². The molecule has 0 atom stereocenters. The third-order valence-corrected chi connectivity index (χ3v) is 2.97. The normalized spacial score (nSPS) is 10.9. The van der Waals surface area contributed by atoms with Gasteiger partial charge in [-0.05, 0) is 32.4 Å². The fourth-order valence-corrected chi connectivity index (χ4v) is 2.10. The molecule has 0 radical (unpaired) electrons. The average molecular weight is 206 g/mol. The van der Waals surface area contributed by atoms with Gasteiger partial charge in [0.25, 0.3) is 0 Å². The third kappa shape index (κ3) is 1.28. The van der Waals surface area contributed by atoms with Crippen LogP contribution in [0.5, 0.6) is 0 Å². The van der Waals surface area contributed by atoms with Crippen LogP contribution in [0, 0.1) is 20.8 Å². The van der Waals surface area contributed by atoms with Crippen LogP contribution in [0.4, 0.5) is 0 Å². The maximum atomic E-state index is 6.18. The number of fused-ring (bicyclic) bond motifs is 1. The van der Waals surface area contributed by atoms with Gasteiger partial charge in [-0.2, -0.15) is 0 Å². The third-order valence-electron chi connectivity index (χ3n) is 2.66. The highest BCUT2D eigenvalue weighted by atomic mass is 35.5. The van der Waals surface area contributed by atoms with Crippen molar-refractivity contribution >= 4 is 22.4 Å². The number of aryl methyl sites for hydroxylation is 3. The minimum Gasteiger partial charge on any atom is -0.258 e. The number of pyridine rings is 1. The predicted octanol–water partition coefficient (Wildman–Crippen LogP) is 3.81. The van der Waals surface area contributed by atoms with Gasteiger partial charge in [0.15, 0.2) is 0 Å². The molecular weight excluding hydrogens is 194 g/mol. The summed E-state index contributed by atoms with van der Waals surface area (Å²) in [7, 11) is 0. The van der Waals surface area contributed by atoms with Gasteiger partial charge in [0.05, 0.1) is 0 Å². The largest absolute Gasteiger partial charge is 0.258 e. The molecule has 14 heavy (non-hydrogen) atoms. The zero-order valence-corrected chi connectivity index (χ0v) is 9.31. The molecule has 2 aromatic rings. The fourth-order valence-electron chi connectivity index (χ4n) is 1.78. The monoisotopic (exact) mass is 205 g/mol. The van der Waals surface area contributed by atoms with Crippen molar-refractivity contribution in [2.75, 3.05) is 0 Å². The Morgan fingerprint density at radius 2 is 1.79 bits per heavy atom. The van der Waals surface area contributed by atoms with Gasteiger partial charge in [-0.25, -0.2) is 0 Å². The smallest absolute Gasteiger partial charge is 0.0488 e. The minimum atomic E-state index is 0.814. The van der Waals surface area contributed by atoms with Crippen LogP contribution in [-0.2, 0) is 0 Å². The zero-order valence-electron chi connectivity index (χ0n) is 8.56. The van der Waals surface area contributed by atoms with Crippen molar-refractivity contribution in [1.29, 1.82) is 0 Å². The molecule has 2 rings (SSSR count). The number of hydrogen-bond donors (Lipinski definition) is 0. The SMILES string of the molecule is Cc1nc(C)c2cccc(Cl)c2c1C. The van der Waals surface area contributed by atoms with Gasteiger partial charge in [0.2, 0.25) is 0 Å². The average Bonchev–Trinajstić information content (AvgIpc) is 2.14. The molecular formula is C12H12ClN. The predicted molar refractivity (Wildman–Crippen MR) is 61.0 cm³/mol. The molecule has 0 spiro atoms. The van der Waals surface area contributed by atoms with Crippen molar-refractivity contribution in [2.45, 2.75) is 20.8 Å². The number of benzene rings is 1. The Hall–Kier alpha value is -1.08. The first-order valence-electron chi connectivity index (χ1n) is 4.63. The van der Waals surface area contributed by atoms with E-state index in [-0.39, 0.29) is 0 Å². The molecule has 1 heterocycles. The van der Waals surface area contributed by atoms with Crippen LogP contribution in [0.15, 0.2) is 18.2 Å². The van der Waals surface area contributed by atoms with E-state index in [9.17, 15) is 0 Å². The van der Waals surface area contributed by atoms with Crippen LogP contribution < -0.4 is 0 Å². The summed E-state index contributed by atoms with van der Waals surface area (Å²) in [5, 5.41) is 3.10. The highest BCUT2D eigenvalue weighted by Crippen LogP contribution is 2.29. The summed E-state index contributed by atoms with van der Waals surface area (Å²) in [6.45, 7) is 6.10. The van der Waals surface area contributed by atoms with Crippen LogP contribution in [0.25, 0.3) is 10.8 Å². The van der Waals surface area contributed by atoms with E-state index in [1.165, 1.54) is 5.56 Å². The highest BCUT2D eigenvalue weighted by molar-refractivity contribution is 6.35. The van der Waals surface area contributed by atoms with E-state index in [1.807, 2.05) is 26.0 Å². The molecule has 0 unspecified atom stereocenters. The maximum Gasteiger partial charge on any atom is 0.0488 e. The molecule has 1 aromatic carbocycles. The Balaban J connectivity index is 3.03. The van der Waals surface area contributed by atoms with Crippen LogP contribution >= 0.6 is 11.6 Å². The minimum absolute atomic E-state index is 0.814. The van der Waals surface area contributed by atoms with E-state index in [0.717, 1.165) is 27.2 Å². The Kier molecular flexibility index (Phi) is 2.20. The Morgan fingerprint density at radius 3 is 2.50 bits per heavy atom. The zero-order chi connectivity index (χ0) is 10.3. The first-order chi connectivity index (χ1) is 6.61. The summed E-state index contributed by atoms with van der Waals surface area (Å²) < 4.78 is 0. The van der Waals surface area contributed by atoms with E-state index in [4.69, 9.17) is 11.6 Å². The van der Waals surface area contributed by atoms with E-state index >= 15 is 0 Å². The first kappa shape index (κ1) is 9.47. The lowest BCUT2D eigenvalue weighted by Crippen LogP contribution is -1.93. The molecule has 72 valence electrons. The maximum absolute atomic E-state index is 6.18. The summed E-state index contributed by atoms with van der Waals surface area (Å²) in [4.78, 5) is 4.48. The molecule has 1 nitrogen and oxygen atoms in total. The van der Waals surface area contributed by atoms with Crippen molar-refractivity contribution in [3.8, 4) is 0 Å². The topological polar surface area (TPSA) is 12.9 Å². The van der Waals surface area contributed by atoms with Crippen molar-refractivity contribution in [2.24, 2.45) is 0 Å². The summed E-state index contributed by atoms with van der Waals surface area (Å²) >= 11 is 6.18. The van der Waals surface area contributed by atoms with E-state index in [0.29, 0.717) is 0 Å². The second-order valence-corrected chi connectivity index (χ2v) is 3.98. The van der Waals surface area contributed by atoms with Gasteiger partial charge in [-0.1, -0.05) is 23.7 Å². The summed E-state index contributed by atoms with van der Waals surface area (Å²) in [5.74, 6) is 0. The number of nitrogens with zero attached hydrogens (tertiary/aromatic N) is 1. The van der Waals surface area contributed by atoms with E-state index < -0.39 is 0 Å². The van der Waals surface area contributed by atoms with Gasteiger partial charge in [0.1, 0.15) is 0 Å². The van der Waals surface area contributed by atoms with Crippen molar-refractivity contribution in [3.05, 3.63) is 40.2 Å². The van der Waals surface area contributed by atoms with Gasteiger partial charge >= 0.3 is 0 Å². The Bertz CT molecular complexity index is 503. The number of halogens is 1. The molecule has 0 bridgehead atoms. The van der Waals surface area contributed by atoms with Crippen LogP contribution in [-0.4, -0.2) is 4.98 Å². The molecule has 0 aliphatic carbocycles. The molecule has 2 heteroatoms. The van der Waals surface area contributed by atoms with Crippen LogP contribution in [0.2, 0.25) is 5.02 Å². The lowest BCUT2D eigenvalue weighted by atomic mass is 10.0. The van der Waals surface area contributed by atoms with Crippen molar-refractivity contribution < 1.29 is 0 Å². The Morgan fingerprint density at radius 1 is 1.07 bits per heavy atom. The van der Waals surface area contributed by atoms with Gasteiger partial charge in [-0.3, -0.25) is 4.98 Å². The number of rotatable bonds is 0.